The highest BCUT2D eigenvalue weighted by molar-refractivity contribution is 5.66. The monoisotopic (exact) mass is 305 g/mol. The van der Waals surface area contributed by atoms with Gasteiger partial charge in [0.2, 0.25) is 5.60 Å². The summed E-state index contributed by atoms with van der Waals surface area (Å²) in [6.45, 7) is 0.738. The normalized spacial score (nSPS) is 34.9. The number of rotatable bonds is 2. The smallest absolute Gasteiger partial charge is 0.228 e. The van der Waals surface area contributed by atoms with E-state index in [2.05, 4.69) is 10.1 Å². The number of hydrogen-bond donors (Lipinski definition) is 4. The summed E-state index contributed by atoms with van der Waals surface area (Å²) in [6.07, 6.45) is -1.33. The number of fused-ring (bicyclic) bond motifs is 1. The summed E-state index contributed by atoms with van der Waals surface area (Å²) in [5.74, 6) is 0.200. The maximum atomic E-state index is 10.7. The third-order valence-corrected chi connectivity index (χ3v) is 4.15. The predicted molar refractivity (Wildman–Crippen MR) is 73.3 cm³/mol. The second kappa shape index (κ2) is 4.62. The van der Waals surface area contributed by atoms with Gasteiger partial charge in [-0.05, 0) is 19.1 Å². The molecular formula is C13H15N5O4. The average Bonchev–Trinajstić information content (AvgIpc) is 3.01. The van der Waals surface area contributed by atoms with Crippen molar-refractivity contribution in [3.8, 4) is 6.07 Å². The lowest BCUT2D eigenvalue weighted by atomic mass is 9.80. The van der Waals surface area contributed by atoms with Crippen LogP contribution in [0.1, 0.15) is 12.6 Å². The van der Waals surface area contributed by atoms with Crippen molar-refractivity contribution < 1.29 is 20.1 Å². The third kappa shape index (κ3) is 1.60. The minimum atomic E-state index is -1.96. The lowest BCUT2D eigenvalue weighted by molar-refractivity contribution is -0.109. The number of nitrogen functional groups attached to an aromatic ring is 1. The zero-order chi connectivity index (χ0) is 16.1. The average molecular weight is 305 g/mol. The summed E-state index contributed by atoms with van der Waals surface area (Å²) in [5.41, 5.74) is 2.52. The van der Waals surface area contributed by atoms with E-state index < -0.39 is 30.0 Å². The van der Waals surface area contributed by atoms with Gasteiger partial charge in [-0.15, -0.1) is 0 Å². The minimum Gasteiger partial charge on any atom is -0.394 e. The van der Waals surface area contributed by atoms with E-state index in [0.717, 1.165) is 0 Å². The number of aromatic nitrogens is 3. The summed E-state index contributed by atoms with van der Waals surface area (Å²) in [5, 5.41) is 43.8. The lowest BCUT2D eigenvalue weighted by Gasteiger charge is -2.33. The van der Waals surface area contributed by atoms with Gasteiger partial charge in [0.05, 0.1) is 12.3 Å². The van der Waals surface area contributed by atoms with Gasteiger partial charge < -0.3 is 25.8 Å². The molecule has 9 heteroatoms. The number of aliphatic hydroxyl groups is 3. The van der Waals surface area contributed by atoms with Crippen LogP contribution in [0.4, 0.5) is 5.82 Å². The van der Waals surface area contributed by atoms with Gasteiger partial charge in [-0.25, -0.2) is 9.50 Å². The number of nitrogens with two attached hydrogens (primary N) is 1. The highest BCUT2D eigenvalue weighted by Crippen LogP contribution is 2.47. The zero-order valence-electron chi connectivity index (χ0n) is 11.7. The van der Waals surface area contributed by atoms with Crippen molar-refractivity contribution in [1.82, 2.24) is 14.6 Å². The Morgan fingerprint density at radius 1 is 1.55 bits per heavy atom. The summed E-state index contributed by atoms with van der Waals surface area (Å²) >= 11 is 0. The molecule has 0 aromatic carbocycles. The second-order valence-corrected chi connectivity index (χ2v) is 5.39. The Labute approximate surface area is 125 Å². The summed E-state index contributed by atoms with van der Waals surface area (Å²) in [6, 6.07) is 5.01. The molecule has 3 heterocycles. The third-order valence-electron chi connectivity index (χ3n) is 4.15. The predicted octanol–water partition coefficient (Wildman–Crippen LogP) is -1.47. The number of nitrogens with zero attached hydrogens (tertiary/aromatic N) is 4. The molecule has 1 saturated heterocycles. The largest absolute Gasteiger partial charge is 0.394 e. The van der Waals surface area contributed by atoms with E-state index in [1.54, 1.807) is 6.07 Å². The Hall–Kier alpha value is -2.25. The minimum absolute atomic E-state index is 0.194. The molecule has 9 nitrogen and oxygen atoms in total. The molecule has 1 aliphatic rings. The van der Waals surface area contributed by atoms with Crippen LogP contribution in [-0.2, 0) is 10.3 Å². The molecule has 0 aliphatic carbocycles. The number of anilines is 1. The second-order valence-electron chi connectivity index (χ2n) is 5.39. The maximum absolute atomic E-state index is 10.7. The molecule has 3 rings (SSSR count). The lowest BCUT2D eigenvalue weighted by Crippen LogP contribution is -2.52. The maximum Gasteiger partial charge on any atom is 0.228 e. The number of nitriles is 1. The molecule has 0 radical (unpaired) electrons. The Balaban J connectivity index is 2.27. The van der Waals surface area contributed by atoms with Crippen molar-refractivity contribution in [1.29, 1.82) is 5.26 Å². The van der Waals surface area contributed by atoms with Gasteiger partial charge in [0.1, 0.15) is 35.7 Å². The topological polar surface area (TPSA) is 150 Å². The van der Waals surface area contributed by atoms with Crippen LogP contribution in [0.25, 0.3) is 5.52 Å². The van der Waals surface area contributed by atoms with Gasteiger partial charge in [0.15, 0.2) is 5.82 Å². The van der Waals surface area contributed by atoms with E-state index in [1.807, 2.05) is 6.07 Å². The Morgan fingerprint density at radius 2 is 2.27 bits per heavy atom. The van der Waals surface area contributed by atoms with E-state index in [4.69, 9.17) is 10.5 Å². The van der Waals surface area contributed by atoms with Crippen molar-refractivity contribution in [2.24, 2.45) is 0 Å². The molecule has 0 amide bonds. The fourth-order valence-electron chi connectivity index (χ4n) is 2.85. The van der Waals surface area contributed by atoms with Crippen molar-refractivity contribution in [2.75, 3.05) is 12.3 Å². The van der Waals surface area contributed by atoms with Crippen LogP contribution in [0.5, 0.6) is 0 Å². The molecule has 0 saturated carbocycles. The first kappa shape index (κ1) is 14.7. The molecule has 5 N–H and O–H groups in total. The molecule has 4 atom stereocenters. The van der Waals surface area contributed by atoms with Gasteiger partial charge in [0.25, 0.3) is 0 Å². The van der Waals surface area contributed by atoms with Crippen LogP contribution in [0.15, 0.2) is 18.5 Å². The van der Waals surface area contributed by atoms with Crippen LogP contribution in [0.3, 0.4) is 0 Å². The molecule has 1 fully saturated rings. The van der Waals surface area contributed by atoms with Crippen LogP contribution >= 0.6 is 0 Å². The quantitative estimate of drug-likeness (QED) is 0.525. The molecular weight excluding hydrogens is 290 g/mol. The van der Waals surface area contributed by atoms with Crippen molar-refractivity contribution in [2.45, 2.75) is 30.3 Å². The van der Waals surface area contributed by atoms with E-state index in [-0.39, 0.29) is 11.5 Å². The fourth-order valence-corrected chi connectivity index (χ4v) is 2.85. The zero-order valence-corrected chi connectivity index (χ0v) is 11.7. The van der Waals surface area contributed by atoms with Crippen LogP contribution in [-0.4, -0.2) is 54.3 Å². The van der Waals surface area contributed by atoms with Crippen molar-refractivity contribution in [3.05, 3.63) is 24.2 Å². The Kier molecular flexibility index (Phi) is 3.08. The molecule has 1 aliphatic heterocycles. The van der Waals surface area contributed by atoms with Gasteiger partial charge >= 0.3 is 0 Å². The molecule has 2 aromatic rings. The first-order valence-corrected chi connectivity index (χ1v) is 6.58. The first-order valence-electron chi connectivity index (χ1n) is 6.58. The van der Waals surface area contributed by atoms with Crippen LogP contribution in [0, 0.1) is 11.3 Å². The van der Waals surface area contributed by atoms with E-state index >= 15 is 0 Å². The first-order chi connectivity index (χ1) is 10.4. The SMILES string of the molecule is C[C@]1(O)C(O)[C@@H](CO)O[C@@]1(C#N)c1ccc2c(N)ncnn12. The number of aliphatic hydroxyl groups excluding tert-OH is 2. The van der Waals surface area contributed by atoms with Crippen molar-refractivity contribution in [3.63, 3.8) is 0 Å². The molecule has 22 heavy (non-hydrogen) atoms. The fraction of sp³-hybridized carbons (Fsp3) is 0.462. The molecule has 0 bridgehead atoms. The molecule has 116 valence electrons. The van der Waals surface area contributed by atoms with E-state index in [9.17, 15) is 20.6 Å². The van der Waals surface area contributed by atoms with Crippen LogP contribution in [0.2, 0.25) is 0 Å². The van der Waals surface area contributed by atoms with Gasteiger partial charge in [-0.1, -0.05) is 0 Å². The highest BCUT2D eigenvalue weighted by atomic mass is 16.6. The van der Waals surface area contributed by atoms with Gasteiger partial charge in [-0.3, -0.25) is 0 Å². The number of ether oxygens (including phenoxy) is 1. The van der Waals surface area contributed by atoms with Crippen LogP contribution < -0.4 is 5.73 Å². The molecule has 2 aromatic heterocycles. The Morgan fingerprint density at radius 3 is 2.86 bits per heavy atom. The van der Waals surface area contributed by atoms with Gasteiger partial charge in [-0.2, -0.15) is 10.4 Å². The Bertz CT molecular complexity index is 767. The molecule has 1 unspecified atom stereocenters. The highest BCUT2D eigenvalue weighted by Gasteiger charge is 2.65. The van der Waals surface area contributed by atoms with Gasteiger partial charge in [0, 0.05) is 0 Å². The summed E-state index contributed by atoms with van der Waals surface area (Å²) < 4.78 is 6.86. The summed E-state index contributed by atoms with van der Waals surface area (Å²) in [4.78, 5) is 3.85. The molecule has 0 spiro atoms. The van der Waals surface area contributed by atoms with Crippen molar-refractivity contribution >= 4 is 11.3 Å². The number of hydrogen-bond acceptors (Lipinski definition) is 8. The van der Waals surface area contributed by atoms with E-state index in [0.29, 0.717) is 5.52 Å². The summed E-state index contributed by atoms with van der Waals surface area (Å²) in [7, 11) is 0. The van der Waals surface area contributed by atoms with E-state index in [1.165, 1.54) is 23.8 Å². The standard InChI is InChI=1S/C13H15N5O4/c1-12(21)10(20)8(4-19)22-13(12,5-14)9-3-2-7-11(15)16-6-17-18(7)9/h2-3,6,8,10,19-21H,4H2,1H3,(H2,15,16,17)/t8-,10?,12+,13+/m1/s1.